The summed E-state index contributed by atoms with van der Waals surface area (Å²) in [5, 5.41) is 2.79. The van der Waals surface area contributed by atoms with Gasteiger partial charge in [0.15, 0.2) is 0 Å². The lowest BCUT2D eigenvalue weighted by molar-refractivity contribution is -0.114. The van der Waals surface area contributed by atoms with Crippen LogP contribution in [0.3, 0.4) is 0 Å². The summed E-state index contributed by atoms with van der Waals surface area (Å²) in [4.78, 5) is 11.0. The van der Waals surface area contributed by atoms with E-state index in [-0.39, 0.29) is 5.91 Å². The molecule has 0 radical (unpaired) electrons. The lowest BCUT2D eigenvalue weighted by Crippen LogP contribution is -2.05. The first-order valence-electron chi connectivity index (χ1n) is 6.64. The molecule has 0 fully saturated rings. The van der Waals surface area contributed by atoms with Crippen molar-refractivity contribution in [3.63, 3.8) is 0 Å². The molecule has 0 aliphatic rings. The summed E-state index contributed by atoms with van der Waals surface area (Å²) < 4.78 is 0. The summed E-state index contributed by atoms with van der Waals surface area (Å²) >= 11 is 0. The third kappa shape index (κ3) is 5.38. The van der Waals surface area contributed by atoms with E-state index >= 15 is 0 Å². The molecule has 100 valence electrons. The third-order valence-electron chi connectivity index (χ3n) is 2.50. The van der Waals surface area contributed by atoms with E-state index in [1.165, 1.54) is 18.1 Å². The standard InChI is InChI=1S/C15H15NO.C2H6/c1-12(17)16-15-9-5-8-14(11-15)10-13-6-3-2-4-7-13;1-2/h2-9,11H,10H2,1H3,(H,16,17);1-2H3. The summed E-state index contributed by atoms with van der Waals surface area (Å²) in [6.45, 7) is 5.52. The van der Waals surface area contributed by atoms with E-state index in [9.17, 15) is 4.79 Å². The van der Waals surface area contributed by atoms with Crippen molar-refractivity contribution in [3.05, 3.63) is 65.7 Å². The molecule has 0 unspecified atom stereocenters. The maximum absolute atomic E-state index is 11.0. The minimum Gasteiger partial charge on any atom is -0.326 e. The zero-order chi connectivity index (χ0) is 14.1. The van der Waals surface area contributed by atoms with Crippen molar-refractivity contribution in [2.75, 3.05) is 5.32 Å². The Morgan fingerprint density at radius 3 is 2.21 bits per heavy atom. The number of anilines is 1. The largest absolute Gasteiger partial charge is 0.326 e. The van der Waals surface area contributed by atoms with Crippen molar-refractivity contribution in [1.82, 2.24) is 0 Å². The van der Waals surface area contributed by atoms with Gasteiger partial charge in [0.1, 0.15) is 0 Å². The molecule has 2 heteroatoms. The molecule has 0 heterocycles. The molecule has 0 saturated carbocycles. The SMILES string of the molecule is CC.CC(=O)Nc1cccc(Cc2ccccc2)c1. The number of nitrogens with one attached hydrogen (secondary N) is 1. The highest BCUT2D eigenvalue weighted by atomic mass is 16.1. The van der Waals surface area contributed by atoms with E-state index in [0.717, 1.165) is 12.1 Å². The molecule has 2 rings (SSSR count). The van der Waals surface area contributed by atoms with Crippen LogP contribution in [-0.2, 0) is 11.2 Å². The van der Waals surface area contributed by atoms with Gasteiger partial charge in [0.2, 0.25) is 5.91 Å². The van der Waals surface area contributed by atoms with Gasteiger partial charge in [-0.25, -0.2) is 0 Å². The van der Waals surface area contributed by atoms with Crippen LogP contribution in [0.25, 0.3) is 0 Å². The first-order valence-corrected chi connectivity index (χ1v) is 6.64. The molecule has 0 bridgehead atoms. The van der Waals surface area contributed by atoms with Gasteiger partial charge < -0.3 is 5.32 Å². The molecule has 0 aliphatic heterocycles. The number of hydrogen-bond acceptors (Lipinski definition) is 1. The fraction of sp³-hybridized carbons (Fsp3) is 0.235. The molecule has 1 N–H and O–H groups in total. The van der Waals surface area contributed by atoms with Crippen LogP contribution < -0.4 is 5.32 Å². The Morgan fingerprint density at radius 1 is 0.947 bits per heavy atom. The Bertz CT molecular complexity index is 506. The van der Waals surface area contributed by atoms with Gasteiger partial charge in [0, 0.05) is 12.6 Å². The van der Waals surface area contributed by atoms with Crippen molar-refractivity contribution >= 4 is 11.6 Å². The van der Waals surface area contributed by atoms with Gasteiger partial charge in [-0.15, -0.1) is 0 Å². The van der Waals surface area contributed by atoms with Gasteiger partial charge in [-0.05, 0) is 29.7 Å². The Labute approximate surface area is 115 Å². The van der Waals surface area contributed by atoms with Crippen LogP contribution in [0.2, 0.25) is 0 Å². The topological polar surface area (TPSA) is 29.1 Å². The molecule has 0 atom stereocenters. The maximum Gasteiger partial charge on any atom is 0.221 e. The lowest BCUT2D eigenvalue weighted by atomic mass is 10.0. The second-order valence-corrected chi connectivity index (χ2v) is 4.04. The molecule has 19 heavy (non-hydrogen) atoms. The van der Waals surface area contributed by atoms with Crippen LogP contribution in [0.15, 0.2) is 54.6 Å². The van der Waals surface area contributed by atoms with E-state index in [0.29, 0.717) is 0 Å². The molecule has 0 aliphatic carbocycles. The maximum atomic E-state index is 11.0. The van der Waals surface area contributed by atoms with Crippen LogP contribution >= 0.6 is 0 Å². The highest BCUT2D eigenvalue weighted by molar-refractivity contribution is 5.88. The second-order valence-electron chi connectivity index (χ2n) is 4.04. The van der Waals surface area contributed by atoms with Crippen molar-refractivity contribution in [2.45, 2.75) is 27.2 Å². The molecular weight excluding hydrogens is 234 g/mol. The van der Waals surface area contributed by atoms with Gasteiger partial charge in [0.05, 0.1) is 0 Å². The first kappa shape index (κ1) is 15.0. The summed E-state index contributed by atoms with van der Waals surface area (Å²) in [7, 11) is 0. The summed E-state index contributed by atoms with van der Waals surface area (Å²) in [5.74, 6) is -0.0399. The van der Waals surface area contributed by atoms with E-state index in [1.54, 1.807) is 0 Å². The van der Waals surface area contributed by atoms with Crippen molar-refractivity contribution in [1.29, 1.82) is 0 Å². The second kappa shape index (κ2) is 8.09. The van der Waals surface area contributed by atoms with Crippen molar-refractivity contribution < 1.29 is 4.79 Å². The molecule has 0 spiro atoms. The molecular formula is C17H21NO. The van der Waals surface area contributed by atoms with Crippen LogP contribution in [0, 0.1) is 0 Å². The third-order valence-corrected chi connectivity index (χ3v) is 2.50. The average molecular weight is 255 g/mol. The fourth-order valence-corrected chi connectivity index (χ4v) is 1.79. The highest BCUT2D eigenvalue weighted by Gasteiger charge is 1.99. The van der Waals surface area contributed by atoms with Gasteiger partial charge in [0.25, 0.3) is 0 Å². The van der Waals surface area contributed by atoms with Crippen molar-refractivity contribution in [2.24, 2.45) is 0 Å². The predicted molar refractivity (Wildman–Crippen MR) is 81.3 cm³/mol. The van der Waals surface area contributed by atoms with E-state index in [4.69, 9.17) is 0 Å². The molecule has 2 aromatic carbocycles. The fourth-order valence-electron chi connectivity index (χ4n) is 1.79. The summed E-state index contributed by atoms with van der Waals surface area (Å²) in [6, 6.07) is 18.2. The lowest BCUT2D eigenvalue weighted by Gasteiger charge is -2.05. The monoisotopic (exact) mass is 255 g/mol. The van der Waals surface area contributed by atoms with Crippen LogP contribution in [-0.4, -0.2) is 5.91 Å². The van der Waals surface area contributed by atoms with E-state index in [2.05, 4.69) is 23.5 Å². The van der Waals surface area contributed by atoms with Crippen LogP contribution in [0.5, 0.6) is 0 Å². The average Bonchev–Trinajstić information content (AvgIpc) is 2.42. The zero-order valence-electron chi connectivity index (χ0n) is 11.8. The number of carbonyl (C=O) groups excluding carboxylic acids is 1. The molecule has 0 aromatic heterocycles. The van der Waals surface area contributed by atoms with Crippen LogP contribution in [0.1, 0.15) is 31.9 Å². The minimum absolute atomic E-state index is 0.0399. The number of hydrogen-bond donors (Lipinski definition) is 1. The Morgan fingerprint density at radius 2 is 1.58 bits per heavy atom. The number of amides is 1. The Balaban J connectivity index is 0.000000861. The van der Waals surface area contributed by atoms with Gasteiger partial charge in [-0.1, -0.05) is 56.3 Å². The van der Waals surface area contributed by atoms with Gasteiger partial charge in [-0.2, -0.15) is 0 Å². The molecule has 0 saturated heterocycles. The Kier molecular flexibility index (Phi) is 6.37. The number of rotatable bonds is 3. The first-order chi connectivity index (χ1) is 9.24. The summed E-state index contributed by atoms with van der Waals surface area (Å²) in [5.41, 5.74) is 3.32. The molecule has 2 aromatic rings. The normalized spacial score (nSPS) is 9.21. The number of carbonyl (C=O) groups is 1. The van der Waals surface area contributed by atoms with Gasteiger partial charge >= 0.3 is 0 Å². The van der Waals surface area contributed by atoms with E-state index in [1.807, 2.05) is 50.2 Å². The molecule has 2 nitrogen and oxygen atoms in total. The summed E-state index contributed by atoms with van der Waals surface area (Å²) in [6.07, 6.45) is 0.883. The Hall–Kier alpha value is -2.09. The molecule has 1 amide bonds. The number of benzene rings is 2. The highest BCUT2D eigenvalue weighted by Crippen LogP contribution is 2.14. The van der Waals surface area contributed by atoms with Gasteiger partial charge in [-0.3, -0.25) is 4.79 Å². The van der Waals surface area contributed by atoms with Crippen molar-refractivity contribution in [3.8, 4) is 0 Å². The van der Waals surface area contributed by atoms with Crippen LogP contribution in [0.4, 0.5) is 5.69 Å². The minimum atomic E-state index is -0.0399. The predicted octanol–water partition coefficient (Wildman–Crippen LogP) is 4.26. The quantitative estimate of drug-likeness (QED) is 0.872. The zero-order valence-corrected chi connectivity index (χ0v) is 11.8. The smallest absolute Gasteiger partial charge is 0.221 e. The van der Waals surface area contributed by atoms with E-state index < -0.39 is 0 Å².